The van der Waals surface area contributed by atoms with Gasteiger partial charge in [-0.05, 0) is 19.4 Å². The van der Waals surface area contributed by atoms with Crippen LogP contribution >= 0.6 is 0 Å². The molecule has 2 unspecified atom stereocenters. The van der Waals surface area contributed by atoms with Gasteiger partial charge < -0.3 is 19.7 Å². The highest BCUT2D eigenvalue weighted by Crippen LogP contribution is 2.00. The van der Waals surface area contributed by atoms with Crippen LogP contribution in [0.2, 0.25) is 0 Å². The second-order valence-electron chi connectivity index (χ2n) is 3.14. The van der Waals surface area contributed by atoms with Crippen LogP contribution in [-0.4, -0.2) is 48.6 Å². The molecule has 0 spiro atoms. The van der Waals surface area contributed by atoms with Gasteiger partial charge >= 0.3 is 5.97 Å². The second kappa shape index (κ2) is 18.9. The van der Waals surface area contributed by atoms with E-state index in [2.05, 4.69) is 13.2 Å². The summed E-state index contributed by atoms with van der Waals surface area (Å²) in [5.41, 5.74) is 0. The lowest BCUT2D eigenvalue weighted by Gasteiger charge is -2.16. The average molecular weight is 276 g/mol. The van der Waals surface area contributed by atoms with Gasteiger partial charge in [-0.1, -0.05) is 20.1 Å². The van der Waals surface area contributed by atoms with Crippen LogP contribution in [0.3, 0.4) is 0 Å². The molecule has 112 valence electrons. The molecule has 0 rings (SSSR count). The molecule has 0 bridgehead atoms. The molecule has 0 aliphatic rings. The molecular weight excluding hydrogens is 252 g/mol. The summed E-state index contributed by atoms with van der Waals surface area (Å²) in [5.74, 6) is -0.981. The summed E-state index contributed by atoms with van der Waals surface area (Å²) >= 11 is 0. The number of aliphatic carboxylic acids is 1. The van der Waals surface area contributed by atoms with Gasteiger partial charge in [0.15, 0.2) is 6.29 Å². The number of aldehydes is 1. The van der Waals surface area contributed by atoms with Crippen LogP contribution in [-0.2, 0) is 19.1 Å². The van der Waals surface area contributed by atoms with Gasteiger partial charge in [0.25, 0.3) is 0 Å². The molecule has 0 heterocycles. The van der Waals surface area contributed by atoms with Crippen LogP contribution in [0.25, 0.3) is 0 Å². The van der Waals surface area contributed by atoms with E-state index in [1.165, 1.54) is 6.08 Å². The van der Waals surface area contributed by atoms with Crippen molar-refractivity contribution in [2.75, 3.05) is 13.7 Å². The Morgan fingerprint density at radius 3 is 2.00 bits per heavy atom. The lowest BCUT2D eigenvalue weighted by molar-refractivity contribution is -0.139. The molecule has 0 aromatic carbocycles. The number of methoxy groups -OCH3 is 1. The Morgan fingerprint density at radius 2 is 1.84 bits per heavy atom. The number of carboxylic acids is 1. The van der Waals surface area contributed by atoms with E-state index in [0.29, 0.717) is 12.9 Å². The highest BCUT2D eigenvalue weighted by atomic mass is 16.6. The van der Waals surface area contributed by atoms with Gasteiger partial charge in [-0.3, -0.25) is 4.79 Å². The zero-order valence-corrected chi connectivity index (χ0v) is 11.7. The monoisotopic (exact) mass is 276 g/mol. The molecule has 2 N–H and O–H groups in total. The molecule has 6 nitrogen and oxygen atoms in total. The van der Waals surface area contributed by atoms with Gasteiger partial charge in [0.1, 0.15) is 6.29 Å². The average Bonchev–Trinajstić information content (AvgIpc) is 2.38. The molecular formula is C13H24O6. The van der Waals surface area contributed by atoms with Gasteiger partial charge in [-0.2, -0.15) is 0 Å². The zero-order chi connectivity index (χ0) is 15.7. The number of carbonyl (C=O) groups is 2. The quantitative estimate of drug-likeness (QED) is 0.415. The minimum atomic E-state index is -0.981. The molecule has 0 aromatic heterocycles. The normalized spacial score (nSPS) is 11.6. The number of carbonyl (C=O) groups excluding carboxylic acids is 1. The fourth-order valence-electron chi connectivity index (χ4n) is 0.718. The van der Waals surface area contributed by atoms with Crippen molar-refractivity contribution in [3.8, 4) is 0 Å². The first-order valence-corrected chi connectivity index (χ1v) is 5.63. The molecule has 0 aliphatic carbocycles. The van der Waals surface area contributed by atoms with Crippen molar-refractivity contribution < 1.29 is 29.3 Å². The summed E-state index contributed by atoms with van der Waals surface area (Å²) in [7, 11) is 1.62. The number of ether oxygens (including phenoxy) is 2. The third-order valence-electron chi connectivity index (χ3n) is 1.47. The first kappa shape index (κ1) is 22.7. The number of hydrogen-bond donors (Lipinski definition) is 2. The standard InChI is InChI=1S/C7H16O3.C3H4O2.C3H4O/c1-4-7(5-9-3)10-6(2)8;1-2-3(4)5;1-2-3-4/h6-8H,4-5H2,1-3H3;2H,1H2,(H,4,5);2-3H,1H2. The fraction of sp³-hybridized carbons (Fsp3) is 0.538. The third-order valence-corrected chi connectivity index (χ3v) is 1.47. The summed E-state index contributed by atoms with van der Waals surface area (Å²) in [4.78, 5) is 18.3. The van der Waals surface area contributed by atoms with E-state index >= 15 is 0 Å². The van der Waals surface area contributed by atoms with Gasteiger partial charge in [0.2, 0.25) is 0 Å². The van der Waals surface area contributed by atoms with E-state index in [9.17, 15) is 4.79 Å². The number of carboxylic acid groups (broad SMARTS) is 1. The molecule has 0 aliphatic heterocycles. The molecule has 0 amide bonds. The predicted octanol–water partition coefficient (Wildman–Crippen LogP) is 1.39. The maximum Gasteiger partial charge on any atom is 0.327 e. The van der Waals surface area contributed by atoms with Crippen molar-refractivity contribution in [3.05, 3.63) is 25.3 Å². The number of aliphatic hydroxyl groups is 1. The van der Waals surface area contributed by atoms with Crippen LogP contribution in [0, 0.1) is 0 Å². The van der Waals surface area contributed by atoms with Crippen LogP contribution in [0.5, 0.6) is 0 Å². The van der Waals surface area contributed by atoms with Crippen LogP contribution in [0.4, 0.5) is 0 Å². The first-order valence-electron chi connectivity index (χ1n) is 5.63. The van der Waals surface area contributed by atoms with Crippen molar-refractivity contribution in [2.24, 2.45) is 0 Å². The Morgan fingerprint density at radius 1 is 1.42 bits per heavy atom. The summed E-state index contributed by atoms with van der Waals surface area (Å²) in [6.07, 6.45) is 2.85. The van der Waals surface area contributed by atoms with Gasteiger partial charge in [-0.25, -0.2) is 4.79 Å². The molecule has 19 heavy (non-hydrogen) atoms. The molecule has 0 aromatic rings. The molecule has 0 radical (unpaired) electrons. The summed E-state index contributed by atoms with van der Waals surface area (Å²) < 4.78 is 9.93. The van der Waals surface area contributed by atoms with Gasteiger partial charge in [0.05, 0.1) is 12.7 Å². The van der Waals surface area contributed by atoms with Crippen molar-refractivity contribution in [1.29, 1.82) is 0 Å². The maximum absolute atomic E-state index is 9.25. The highest BCUT2D eigenvalue weighted by molar-refractivity contribution is 5.78. The largest absolute Gasteiger partial charge is 0.478 e. The SMILES string of the molecule is C=CC(=O)O.C=CC=O.CCC(COC)OC(C)O. The van der Waals surface area contributed by atoms with Crippen molar-refractivity contribution in [2.45, 2.75) is 32.7 Å². The van der Waals surface area contributed by atoms with Crippen LogP contribution in [0.15, 0.2) is 25.3 Å². The topological polar surface area (TPSA) is 93.1 Å². The molecule has 2 atom stereocenters. The Balaban J connectivity index is -0.000000238. The Labute approximate surface area is 114 Å². The number of rotatable bonds is 7. The molecule has 0 fully saturated rings. The third kappa shape index (κ3) is 31.5. The highest BCUT2D eigenvalue weighted by Gasteiger charge is 2.07. The predicted molar refractivity (Wildman–Crippen MR) is 72.8 cm³/mol. The van der Waals surface area contributed by atoms with Crippen molar-refractivity contribution >= 4 is 12.3 Å². The van der Waals surface area contributed by atoms with Crippen LogP contribution < -0.4 is 0 Å². The van der Waals surface area contributed by atoms with E-state index in [1.807, 2.05) is 6.92 Å². The van der Waals surface area contributed by atoms with E-state index < -0.39 is 12.3 Å². The number of hydrogen-bond acceptors (Lipinski definition) is 5. The smallest absolute Gasteiger partial charge is 0.327 e. The first-order chi connectivity index (χ1) is 8.89. The molecule has 0 saturated carbocycles. The van der Waals surface area contributed by atoms with E-state index in [0.717, 1.165) is 12.5 Å². The number of allylic oxidation sites excluding steroid dienone is 1. The van der Waals surface area contributed by atoms with Gasteiger partial charge in [-0.15, -0.1) is 0 Å². The summed E-state index contributed by atoms with van der Waals surface area (Å²) in [5, 5.41) is 16.4. The van der Waals surface area contributed by atoms with E-state index in [4.69, 9.17) is 24.5 Å². The van der Waals surface area contributed by atoms with Crippen molar-refractivity contribution in [3.63, 3.8) is 0 Å². The van der Waals surface area contributed by atoms with Crippen molar-refractivity contribution in [1.82, 2.24) is 0 Å². The zero-order valence-electron chi connectivity index (χ0n) is 11.7. The van der Waals surface area contributed by atoms with Crippen LogP contribution in [0.1, 0.15) is 20.3 Å². The Kier molecular flexibility index (Phi) is 22.5. The minimum Gasteiger partial charge on any atom is -0.478 e. The minimum absolute atomic E-state index is 0.0185. The fourth-order valence-corrected chi connectivity index (χ4v) is 0.718. The second-order valence-corrected chi connectivity index (χ2v) is 3.14. The Hall–Kier alpha value is -1.50. The lowest BCUT2D eigenvalue weighted by Crippen LogP contribution is -2.23. The molecule has 0 saturated heterocycles. The van der Waals surface area contributed by atoms with E-state index in [-0.39, 0.29) is 6.10 Å². The number of aliphatic hydroxyl groups excluding tert-OH is 1. The lowest BCUT2D eigenvalue weighted by atomic mass is 10.3. The maximum atomic E-state index is 9.25. The van der Waals surface area contributed by atoms with Gasteiger partial charge in [0, 0.05) is 13.2 Å². The summed E-state index contributed by atoms with van der Waals surface area (Å²) in [6, 6.07) is 0. The Bertz CT molecular complexity index is 231. The summed E-state index contributed by atoms with van der Waals surface area (Å²) in [6.45, 7) is 10.2. The molecule has 6 heteroatoms. The van der Waals surface area contributed by atoms with E-state index in [1.54, 1.807) is 14.0 Å².